The maximum Gasteiger partial charge on any atom is 0.302 e. The van der Waals surface area contributed by atoms with Gasteiger partial charge in [0.15, 0.2) is 11.5 Å². The zero-order valence-corrected chi connectivity index (χ0v) is 18.3. The van der Waals surface area contributed by atoms with Crippen molar-refractivity contribution in [3.05, 3.63) is 23.2 Å². The molecule has 29 heavy (non-hydrogen) atoms. The first-order valence-corrected chi connectivity index (χ1v) is 11.5. The van der Waals surface area contributed by atoms with Crippen LogP contribution in [0.2, 0.25) is 0 Å². The SMILES string of the molecule is CC(=O)O[C@H]1CC[C@H]2[C@@H]3CC[C@H]4Cc5oc(C(C)=O)cc5C[C@]4(C)[C@H]3CC[C@]12C. The van der Waals surface area contributed by atoms with Gasteiger partial charge >= 0.3 is 5.97 Å². The number of carbonyl (C=O) groups is 2. The minimum Gasteiger partial charge on any atom is -0.462 e. The summed E-state index contributed by atoms with van der Waals surface area (Å²) in [6, 6.07) is 2.02. The monoisotopic (exact) mass is 398 g/mol. The zero-order valence-electron chi connectivity index (χ0n) is 18.3. The lowest BCUT2D eigenvalue weighted by atomic mass is 9.45. The molecule has 0 aromatic carbocycles. The Morgan fingerprint density at radius 2 is 1.79 bits per heavy atom. The lowest BCUT2D eigenvalue weighted by Gasteiger charge is -2.59. The van der Waals surface area contributed by atoms with Crippen LogP contribution in [-0.2, 0) is 22.4 Å². The zero-order chi connectivity index (χ0) is 20.6. The highest BCUT2D eigenvalue weighted by atomic mass is 16.5. The van der Waals surface area contributed by atoms with Crippen molar-refractivity contribution in [2.75, 3.05) is 0 Å². The molecule has 0 amide bonds. The molecule has 4 aliphatic rings. The van der Waals surface area contributed by atoms with Gasteiger partial charge in [-0.2, -0.15) is 0 Å². The normalized spacial score (nSPS) is 43.0. The Labute approximate surface area is 173 Å². The molecule has 4 nitrogen and oxygen atoms in total. The summed E-state index contributed by atoms with van der Waals surface area (Å²) < 4.78 is 11.7. The van der Waals surface area contributed by atoms with E-state index < -0.39 is 0 Å². The van der Waals surface area contributed by atoms with Gasteiger partial charge in [-0.15, -0.1) is 0 Å². The van der Waals surface area contributed by atoms with Crippen LogP contribution in [0.25, 0.3) is 0 Å². The number of fused-ring (bicyclic) bond motifs is 6. The predicted molar refractivity (Wildman–Crippen MR) is 110 cm³/mol. The van der Waals surface area contributed by atoms with Gasteiger partial charge in [0.1, 0.15) is 11.9 Å². The standard InChI is InChI=1S/C25H34O4/c1-14(26)21-11-16-13-25(4)17(12-22(16)29-21)5-6-18-19-7-8-23(28-15(2)27)24(19,3)10-9-20(18)25/h11,17-20,23H,5-10,12-13H2,1-4H3/t17-,18-,19-,20-,23-,24-,25-/m0/s1. The van der Waals surface area contributed by atoms with Gasteiger partial charge in [-0.05, 0) is 85.7 Å². The minimum atomic E-state index is -0.129. The van der Waals surface area contributed by atoms with Crippen LogP contribution in [0, 0.1) is 34.5 Å². The third-order valence-electron chi connectivity index (χ3n) is 9.53. The summed E-state index contributed by atoms with van der Waals surface area (Å²) in [7, 11) is 0. The Morgan fingerprint density at radius 3 is 2.52 bits per heavy atom. The first-order valence-electron chi connectivity index (χ1n) is 11.5. The number of hydrogen-bond acceptors (Lipinski definition) is 4. The molecule has 0 aliphatic heterocycles. The Balaban J connectivity index is 1.43. The molecule has 7 atom stereocenters. The van der Waals surface area contributed by atoms with Crippen molar-refractivity contribution < 1.29 is 18.7 Å². The molecule has 0 bridgehead atoms. The minimum absolute atomic E-state index is 0.0290. The van der Waals surface area contributed by atoms with E-state index >= 15 is 0 Å². The van der Waals surface area contributed by atoms with E-state index in [1.807, 2.05) is 6.07 Å². The summed E-state index contributed by atoms with van der Waals surface area (Å²) >= 11 is 0. The molecule has 0 unspecified atom stereocenters. The van der Waals surface area contributed by atoms with E-state index in [4.69, 9.17) is 9.15 Å². The smallest absolute Gasteiger partial charge is 0.302 e. The molecule has 0 radical (unpaired) electrons. The van der Waals surface area contributed by atoms with E-state index in [1.165, 1.54) is 31.2 Å². The van der Waals surface area contributed by atoms with Crippen molar-refractivity contribution in [3.63, 3.8) is 0 Å². The van der Waals surface area contributed by atoms with Crippen molar-refractivity contribution >= 4 is 11.8 Å². The Kier molecular flexibility index (Phi) is 4.32. The summed E-state index contributed by atoms with van der Waals surface area (Å²) in [6.07, 6.45) is 9.28. The molecule has 1 aromatic heterocycles. The molecule has 1 heterocycles. The fourth-order valence-electron chi connectivity index (χ4n) is 8.09. The number of rotatable bonds is 2. The van der Waals surface area contributed by atoms with E-state index in [9.17, 15) is 9.59 Å². The van der Waals surface area contributed by atoms with Gasteiger partial charge in [0.2, 0.25) is 0 Å². The average Bonchev–Trinajstić information content (AvgIpc) is 3.20. The number of Topliss-reactive ketones (excluding diaryl/α,β-unsaturated/α-hetero) is 1. The molecule has 1 aromatic rings. The Hall–Kier alpha value is -1.58. The van der Waals surface area contributed by atoms with Crippen LogP contribution in [0.5, 0.6) is 0 Å². The first kappa shape index (κ1) is 19.4. The van der Waals surface area contributed by atoms with Crippen LogP contribution < -0.4 is 0 Å². The maximum atomic E-state index is 11.8. The van der Waals surface area contributed by atoms with E-state index in [-0.39, 0.29) is 28.7 Å². The van der Waals surface area contributed by atoms with Gasteiger partial charge in [-0.25, -0.2) is 0 Å². The largest absolute Gasteiger partial charge is 0.462 e. The summed E-state index contributed by atoms with van der Waals surface area (Å²) in [6.45, 7) is 8.04. The second-order valence-corrected chi connectivity index (χ2v) is 10.9. The maximum absolute atomic E-state index is 11.8. The number of hydrogen-bond donors (Lipinski definition) is 0. The van der Waals surface area contributed by atoms with Crippen LogP contribution in [-0.4, -0.2) is 17.9 Å². The number of furan rings is 1. The quantitative estimate of drug-likeness (QED) is 0.496. The molecular weight excluding hydrogens is 364 g/mol. The van der Waals surface area contributed by atoms with Crippen molar-refractivity contribution in [2.24, 2.45) is 34.5 Å². The van der Waals surface area contributed by atoms with Crippen molar-refractivity contribution in [1.82, 2.24) is 0 Å². The van der Waals surface area contributed by atoms with E-state index in [1.54, 1.807) is 13.8 Å². The summed E-state index contributed by atoms with van der Waals surface area (Å²) in [4.78, 5) is 23.5. The van der Waals surface area contributed by atoms with Crippen LogP contribution in [0.3, 0.4) is 0 Å². The molecule has 4 aliphatic carbocycles. The third kappa shape index (κ3) is 2.77. The summed E-state index contributed by atoms with van der Waals surface area (Å²) in [5, 5.41) is 0. The number of ether oxygens (including phenoxy) is 1. The van der Waals surface area contributed by atoms with E-state index in [0.29, 0.717) is 17.6 Å². The summed E-state index contributed by atoms with van der Waals surface area (Å²) in [5.74, 6) is 4.27. The van der Waals surface area contributed by atoms with Gasteiger partial charge < -0.3 is 9.15 Å². The molecule has 3 fully saturated rings. The highest BCUT2D eigenvalue weighted by Crippen LogP contribution is 2.66. The fraction of sp³-hybridized carbons (Fsp3) is 0.760. The Bertz CT molecular complexity index is 853. The molecular formula is C25H34O4. The van der Waals surface area contributed by atoms with Gasteiger partial charge in [0.25, 0.3) is 0 Å². The fourth-order valence-corrected chi connectivity index (χ4v) is 8.09. The lowest BCUT2D eigenvalue weighted by Crippen LogP contribution is -2.54. The van der Waals surface area contributed by atoms with Crippen molar-refractivity contribution in [3.8, 4) is 0 Å². The van der Waals surface area contributed by atoms with Gasteiger partial charge in [0, 0.05) is 25.7 Å². The predicted octanol–water partition coefficient (Wildman–Crippen LogP) is 5.37. The van der Waals surface area contributed by atoms with E-state index in [2.05, 4.69) is 13.8 Å². The second-order valence-electron chi connectivity index (χ2n) is 10.9. The molecule has 4 heteroatoms. The highest BCUT2D eigenvalue weighted by Gasteiger charge is 2.61. The van der Waals surface area contributed by atoms with Crippen molar-refractivity contribution in [2.45, 2.75) is 85.2 Å². The number of ketones is 1. The van der Waals surface area contributed by atoms with E-state index in [0.717, 1.165) is 43.3 Å². The molecule has 158 valence electrons. The Morgan fingerprint density at radius 1 is 1.03 bits per heavy atom. The number of carbonyl (C=O) groups excluding carboxylic acids is 2. The molecule has 5 rings (SSSR count). The van der Waals surface area contributed by atoms with Crippen LogP contribution in [0.4, 0.5) is 0 Å². The van der Waals surface area contributed by atoms with Gasteiger partial charge in [-0.1, -0.05) is 13.8 Å². The number of esters is 1. The topological polar surface area (TPSA) is 56.5 Å². The second kappa shape index (κ2) is 6.46. The van der Waals surface area contributed by atoms with Gasteiger partial charge in [0.05, 0.1) is 0 Å². The van der Waals surface area contributed by atoms with Crippen LogP contribution in [0.1, 0.15) is 88.1 Å². The molecule has 0 N–H and O–H groups in total. The van der Waals surface area contributed by atoms with Crippen molar-refractivity contribution in [1.29, 1.82) is 0 Å². The first-order chi connectivity index (χ1) is 13.7. The lowest BCUT2D eigenvalue weighted by molar-refractivity contribution is -0.160. The van der Waals surface area contributed by atoms with Crippen LogP contribution in [0.15, 0.2) is 10.5 Å². The molecule has 3 saturated carbocycles. The third-order valence-corrected chi connectivity index (χ3v) is 9.53. The average molecular weight is 399 g/mol. The van der Waals surface area contributed by atoms with Crippen LogP contribution >= 0.6 is 0 Å². The van der Waals surface area contributed by atoms with Gasteiger partial charge in [-0.3, -0.25) is 9.59 Å². The molecule has 0 spiro atoms. The summed E-state index contributed by atoms with van der Waals surface area (Å²) in [5.41, 5.74) is 1.70. The highest BCUT2D eigenvalue weighted by molar-refractivity contribution is 5.91. The molecule has 0 saturated heterocycles.